The number of benzene rings is 1. The molecule has 2 amide bonds. The van der Waals surface area contributed by atoms with E-state index in [4.69, 9.17) is 0 Å². The first kappa shape index (κ1) is 14.5. The molecule has 0 saturated carbocycles. The number of rotatable bonds is 5. The van der Waals surface area contributed by atoms with Gasteiger partial charge in [-0.2, -0.15) is 0 Å². The second-order valence-corrected chi connectivity index (χ2v) is 5.01. The lowest BCUT2D eigenvalue weighted by Crippen LogP contribution is -2.58. The monoisotopic (exact) mass is 278 g/mol. The summed E-state index contributed by atoms with van der Waals surface area (Å²) in [7, 11) is 0. The molecule has 4 nitrogen and oxygen atoms in total. The molecular formula is C15H19FN2O2. The number of piperazine rings is 1. The SMILES string of the molecule is CCCC1NC(=O)CN(CCc2ccccc2F)C1=O. The predicted octanol–water partition coefficient (Wildman–Crippen LogP) is 1.50. The smallest absolute Gasteiger partial charge is 0.245 e. The van der Waals surface area contributed by atoms with Crippen molar-refractivity contribution < 1.29 is 14.0 Å². The third kappa shape index (κ3) is 3.35. The van der Waals surface area contributed by atoms with Crippen LogP contribution in [0.15, 0.2) is 24.3 Å². The highest BCUT2D eigenvalue weighted by atomic mass is 19.1. The molecule has 1 aliphatic rings. The zero-order chi connectivity index (χ0) is 14.5. The lowest BCUT2D eigenvalue weighted by molar-refractivity contribution is -0.144. The maximum atomic E-state index is 13.5. The number of hydrogen-bond donors (Lipinski definition) is 1. The van der Waals surface area contributed by atoms with Gasteiger partial charge in [0.1, 0.15) is 11.9 Å². The van der Waals surface area contributed by atoms with Gasteiger partial charge in [-0.3, -0.25) is 9.59 Å². The van der Waals surface area contributed by atoms with E-state index in [9.17, 15) is 14.0 Å². The summed E-state index contributed by atoms with van der Waals surface area (Å²) in [4.78, 5) is 25.3. The topological polar surface area (TPSA) is 49.4 Å². The van der Waals surface area contributed by atoms with Gasteiger partial charge in [-0.25, -0.2) is 4.39 Å². The number of hydrogen-bond acceptors (Lipinski definition) is 2. The van der Waals surface area contributed by atoms with Crippen LogP contribution >= 0.6 is 0 Å². The van der Waals surface area contributed by atoms with Crippen LogP contribution in [0.3, 0.4) is 0 Å². The summed E-state index contributed by atoms with van der Waals surface area (Å²) in [6.07, 6.45) is 1.89. The Morgan fingerprint density at radius 3 is 2.80 bits per heavy atom. The third-order valence-electron chi connectivity index (χ3n) is 3.47. The molecule has 0 aromatic heterocycles. The molecule has 108 valence electrons. The van der Waals surface area contributed by atoms with Crippen molar-refractivity contribution in [1.82, 2.24) is 10.2 Å². The van der Waals surface area contributed by atoms with Gasteiger partial charge in [0.05, 0.1) is 6.54 Å². The zero-order valence-electron chi connectivity index (χ0n) is 11.6. The Balaban J connectivity index is 1.99. The molecule has 0 radical (unpaired) electrons. The first-order valence-corrected chi connectivity index (χ1v) is 6.93. The van der Waals surface area contributed by atoms with Crippen LogP contribution in [-0.4, -0.2) is 35.8 Å². The van der Waals surface area contributed by atoms with E-state index in [2.05, 4.69) is 5.32 Å². The van der Waals surface area contributed by atoms with E-state index >= 15 is 0 Å². The molecule has 1 saturated heterocycles. The molecule has 0 spiro atoms. The molecule has 1 aromatic carbocycles. The van der Waals surface area contributed by atoms with E-state index in [0.717, 1.165) is 6.42 Å². The largest absolute Gasteiger partial charge is 0.343 e. The molecule has 1 aromatic rings. The van der Waals surface area contributed by atoms with E-state index in [-0.39, 0.29) is 24.2 Å². The van der Waals surface area contributed by atoms with Crippen LogP contribution in [0.5, 0.6) is 0 Å². The number of carbonyl (C=O) groups is 2. The highest BCUT2D eigenvalue weighted by Crippen LogP contribution is 2.11. The molecule has 2 rings (SSSR count). The van der Waals surface area contributed by atoms with Gasteiger partial charge in [-0.15, -0.1) is 0 Å². The lowest BCUT2D eigenvalue weighted by Gasteiger charge is -2.32. The van der Waals surface area contributed by atoms with Gasteiger partial charge >= 0.3 is 0 Å². The van der Waals surface area contributed by atoms with Crippen LogP contribution in [0.4, 0.5) is 4.39 Å². The van der Waals surface area contributed by atoms with Gasteiger partial charge < -0.3 is 10.2 Å². The summed E-state index contributed by atoms with van der Waals surface area (Å²) in [6, 6.07) is 6.08. The Morgan fingerprint density at radius 2 is 2.10 bits per heavy atom. The van der Waals surface area contributed by atoms with Gasteiger partial charge in [0.2, 0.25) is 11.8 Å². The number of halogens is 1. The number of nitrogens with zero attached hydrogens (tertiary/aromatic N) is 1. The summed E-state index contributed by atoms with van der Waals surface area (Å²) >= 11 is 0. The maximum absolute atomic E-state index is 13.5. The molecule has 1 unspecified atom stereocenters. The summed E-state index contributed by atoms with van der Waals surface area (Å²) in [5, 5.41) is 2.70. The molecule has 20 heavy (non-hydrogen) atoms. The molecule has 1 heterocycles. The van der Waals surface area contributed by atoms with Crippen LogP contribution in [0.1, 0.15) is 25.3 Å². The van der Waals surface area contributed by atoms with Gasteiger partial charge in [0.15, 0.2) is 0 Å². The average molecular weight is 278 g/mol. The second kappa shape index (κ2) is 6.50. The summed E-state index contributed by atoms with van der Waals surface area (Å²) < 4.78 is 13.5. The summed E-state index contributed by atoms with van der Waals surface area (Å²) in [5.74, 6) is -0.481. The minimum atomic E-state index is -0.429. The van der Waals surface area contributed by atoms with Crippen molar-refractivity contribution in [3.63, 3.8) is 0 Å². The Hall–Kier alpha value is -1.91. The van der Waals surface area contributed by atoms with E-state index < -0.39 is 6.04 Å². The fraction of sp³-hybridized carbons (Fsp3) is 0.467. The van der Waals surface area contributed by atoms with Crippen molar-refractivity contribution in [3.8, 4) is 0 Å². The number of carbonyl (C=O) groups excluding carboxylic acids is 2. The van der Waals surface area contributed by atoms with Crippen molar-refractivity contribution in [2.75, 3.05) is 13.1 Å². The van der Waals surface area contributed by atoms with Gasteiger partial charge in [-0.05, 0) is 24.5 Å². The highest BCUT2D eigenvalue weighted by Gasteiger charge is 2.31. The molecule has 0 bridgehead atoms. The van der Waals surface area contributed by atoms with Crippen molar-refractivity contribution in [3.05, 3.63) is 35.6 Å². The fourth-order valence-electron chi connectivity index (χ4n) is 2.40. The van der Waals surface area contributed by atoms with Crippen LogP contribution in [0.2, 0.25) is 0 Å². The minimum Gasteiger partial charge on any atom is -0.343 e. The average Bonchev–Trinajstić information content (AvgIpc) is 2.42. The molecule has 0 aliphatic carbocycles. The van der Waals surface area contributed by atoms with Crippen molar-refractivity contribution in [1.29, 1.82) is 0 Å². The van der Waals surface area contributed by atoms with Crippen LogP contribution < -0.4 is 5.32 Å². The molecule has 1 aliphatic heterocycles. The Labute approximate surface area is 118 Å². The second-order valence-electron chi connectivity index (χ2n) is 5.01. The first-order chi connectivity index (χ1) is 9.61. The Morgan fingerprint density at radius 1 is 1.35 bits per heavy atom. The number of nitrogens with one attached hydrogen (secondary N) is 1. The minimum absolute atomic E-state index is 0.0630. The van der Waals surface area contributed by atoms with E-state index in [0.29, 0.717) is 24.9 Å². The molecule has 1 N–H and O–H groups in total. The quantitative estimate of drug-likeness (QED) is 0.887. The van der Waals surface area contributed by atoms with Crippen LogP contribution in [0, 0.1) is 5.82 Å². The summed E-state index contributed by atoms with van der Waals surface area (Å²) in [6.45, 7) is 2.40. The van der Waals surface area contributed by atoms with E-state index in [1.54, 1.807) is 18.2 Å². The molecule has 1 atom stereocenters. The normalized spacial score (nSPS) is 19.1. The van der Waals surface area contributed by atoms with Crippen molar-refractivity contribution in [2.24, 2.45) is 0 Å². The molecule has 5 heteroatoms. The predicted molar refractivity (Wildman–Crippen MR) is 73.5 cm³/mol. The van der Waals surface area contributed by atoms with Gasteiger partial charge in [0.25, 0.3) is 0 Å². The highest BCUT2D eigenvalue weighted by molar-refractivity contribution is 5.94. The number of amides is 2. The van der Waals surface area contributed by atoms with Crippen LogP contribution in [-0.2, 0) is 16.0 Å². The van der Waals surface area contributed by atoms with Gasteiger partial charge in [0, 0.05) is 6.54 Å². The van der Waals surface area contributed by atoms with E-state index in [1.807, 2.05) is 6.92 Å². The first-order valence-electron chi connectivity index (χ1n) is 6.93. The molecular weight excluding hydrogens is 259 g/mol. The van der Waals surface area contributed by atoms with E-state index in [1.165, 1.54) is 11.0 Å². The standard InChI is InChI=1S/C15H19FN2O2/c1-2-5-13-15(20)18(10-14(19)17-13)9-8-11-6-3-4-7-12(11)16/h3-4,6-7,13H,2,5,8-10H2,1H3,(H,17,19). The lowest BCUT2D eigenvalue weighted by atomic mass is 10.1. The fourth-order valence-corrected chi connectivity index (χ4v) is 2.40. The summed E-state index contributed by atoms with van der Waals surface area (Å²) in [5.41, 5.74) is 0.568. The maximum Gasteiger partial charge on any atom is 0.245 e. The molecule has 1 fully saturated rings. The zero-order valence-corrected chi connectivity index (χ0v) is 11.6. The Bertz CT molecular complexity index is 504. The third-order valence-corrected chi connectivity index (χ3v) is 3.47. The van der Waals surface area contributed by atoms with Crippen LogP contribution in [0.25, 0.3) is 0 Å². The Kier molecular flexibility index (Phi) is 4.71. The van der Waals surface area contributed by atoms with Gasteiger partial charge in [-0.1, -0.05) is 31.5 Å². The van der Waals surface area contributed by atoms with Crippen molar-refractivity contribution >= 4 is 11.8 Å². The van der Waals surface area contributed by atoms with Crippen molar-refractivity contribution in [2.45, 2.75) is 32.2 Å².